The van der Waals surface area contributed by atoms with Crippen LogP contribution in [0.1, 0.15) is 27.8 Å². The molecule has 1 aliphatic rings. The highest BCUT2D eigenvalue weighted by Gasteiger charge is 2.26. The van der Waals surface area contributed by atoms with Crippen LogP contribution in [0.4, 0.5) is 0 Å². The molecular formula is C39H30. The second-order valence-corrected chi connectivity index (χ2v) is 9.67. The number of allylic oxidation sites excluding steroid dienone is 6. The zero-order chi connectivity index (χ0) is 26.3. The minimum Gasteiger partial charge on any atom is -0.0726 e. The molecule has 0 saturated heterocycles. The SMILES string of the molecule is C1=CC(=C(c2ccccc2)c2ccccc2)C(C(=C(c2ccccc2)c2ccccc2)c2ccccc2)C=C1. The van der Waals surface area contributed by atoms with Crippen LogP contribution in [0.5, 0.6) is 0 Å². The Balaban J connectivity index is 1.71. The van der Waals surface area contributed by atoms with Gasteiger partial charge in [0, 0.05) is 5.92 Å². The van der Waals surface area contributed by atoms with Crippen LogP contribution in [-0.2, 0) is 0 Å². The monoisotopic (exact) mass is 498 g/mol. The number of rotatable bonds is 6. The van der Waals surface area contributed by atoms with Gasteiger partial charge in [-0.2, -0.15) is 0 Å². The topological polar surface area (TPSA) is 0 Å². The van der Waals surface area contributed by atoms with Gasteiger partial charge in [-0.3, -0.25) is 0 Å². The smallest absolute Gasteiger partial charge is 0.0291 e. The van der Waals surface area contributed by atoms with Crippen molar-refractivity contribution in [2.75, 3.05) is 0 Å². The lowest BCUT2D eigenvalue weighted by Gasteiger charge is -2.28. The molecule has 186 valence electrons. The molecule has 39 heavy (non-hydrogen) atoms. The summed E-state index contributed by atoms with van der Waals surface area (Å²) in [4.78, 5) is 0. The van der Waals surface area contributed by atoms with Gasteiger partial charge in [-0.25, -0.2) is 0 Å². The predicted molar refractivity (Wildman–Crippen MR) is 166 cm³/mol. The van der Waals surface area contributed by atoms with E-state index < -0.39 is 0 Å². The van der Waals surface area contributed by atoms with E-state index in [1.54, 1.807) is 0 Å². The summed E-state index contributed by atoms with van der Waals surface area (Å²) in [6.07, 6.45) is 9.02. The van der Waals surface area contributed by atoms with Crippen molar-refractivity contribution in [1.82, 2.24) is 0 Å². The first-order valence-electron chi connectivity index (χ1n) is 13.5. The van der Waals surface area contributed by atoms with Gasteiger partial charge in [-0.05, 0) is 50.1 Å². The Morgan fingerprint density at radius 3 is 1.21 bits per heavy atom. The first kappa shape index (κ1) is 24.4. The highest BCUT2D eigenvalue weighted by molar-refractivity contribution is 6.02. The molecule has 0 N–H and O–H groups in total. The first-order chi connectivity index (χ1) is 19.4. The molecule has 0 nitrogen and oxygen atoms in total. The third-order valence-corrected chi connectivity index (χ3v) is 7.23. The van der Waals surface area contributed by atoms with Crippen LogP contribution >= 0.6 is 0 Å². The summed E-state index contributed by atoms with van der Waals surface area (Å²) in [6, 6.07) is 54.1. The summed E-state index contributed by atoms with van der Waals surface area (Å²) in [5, 5.41) is 0. The largest absolute Gasteiger partial charge is 0.0726 e. The average Bonchev–Trinajstić information content (AvgIpc) is 3.03. The van der Waals surface area contributed by atoms with Gasteiger partial charge in [0.15, 0.2) is 0 Å². The van der Waals surface area contributed by atoms with Crippen LogP contribution in [0.2, 0.25) is 0 Å². The molecule has 0 fully saturated rings. The molecule has 0 aliphatic heterocycles. The summed E-state index contributed by atoms with van der Waals surface area (Å²) in [5.41, 5.74) is 11.2. The van der Waals surface area contributed by atoms with E-state index in [0.29, 0.717) is 0 Å². The Bertz CT molecular complexity index is 1550. The van der Waals surface area contributed by atoms with Crippen LogP contribution in [-0.4, -0.2) is 0 Å². The van der Waals surface area contributed by atoms with Gasteiger partial charge in [0.2, 0.25) is 0 Å². The first-order valence-corrected chi connectivity index (χ1v) is 13.5. The van der Waals surface area contributed by atoms with Crippen LogP contribution in [0.25, 0.3) is 16.7 Å². The highest BCUT2D eigenvalue weighted by atomic mass is 14.3. The van der Waals surface area contributed by atoms with E-state index in [1.165, 1.54) is 50.1 Å². The normalized spacial score (nSPS) is 14.2. The molecule has 6 rings (SSSR count). The van der Waals surface area contributed by atoms with E-state index in [9.17, 15) is 0 Å². The summed E-state index contributed by atoms with van der Waals surface area (Å²) < 4.78 is 0. The molecule has 0 aromatic heterocycles. The highest BCUT2D eigenvalue weighted by Crippen LogP contribution is 2.44. The molecule has 0 saturated carbocycles. The molecule has 0 amide bonds. The van der Waals surface area contributed by atoms with Crippen molar-refractivity contribution in [3.63, 3.8) is 0 Å². The molecule has 1 aliphatic carbocycles. The Morgan fingerprint density at radius 1 is 0.385 bits per heavy atom. The lowest BCUT2D eigenvalue weighted by atomic mass is 9.75. The summed E-state index contributed by atoms with van der Waals surface area (Å²) >= 11 is 0. The van der Waals surface area contributed by atoms with Crippen molar-refractivity contribution in [3.8, 4) is 0 Å². The molecule has 0 spiro atoms. The zero-order valence-electron chi connectivity index (χ0n) is 21.8. The van der Waals surface area contributed by atoms with Crippen LogP contribution < -0.4 is 0 Å². The number of hydrogen-bond donors (Lipinski definition) is 0. The molecule has 0 heteroatoms. The van der Waals surface area contributed by atoms with Gasteiger partial charge in [-0.1, -0.05) is 176 Å². The summed E-state index contributed by atoms with van der Waals surface area (Å²) in [6.45, 7) is 0. The fourth-order valence-electron chi connectivity index (χ4n) is 5.53. The lowest BCUT2D eigenvalue weighted by Crippen LogP contribution is -2.11. The van der Waals surface area contributed by atoms with Gasteiger partial charge < -0.3 is 0 Å². The Kier molecular flexibility index (Phi) is 7.27. The van der Waals surface area contributed by atoms with E-state index in [0.717, 1.165) is 0 Å². The van der Waals surface area contributed by atoms with E-state index in [1.807, 2.05) is 0 Å². The van der Waals surface area contributed by atoms with E-state index >= 15 is 0 Å². The van der Waals surface area contributed by atoms with Gasteiger partial charge in [-0.15, -0.1) is 0 Å². The van der Waals surface area contributed by atoms with Crippen molar-refractivity contribution in [3.05, 3.63) is 209 Å². The van der Waals surface area contributed by atoms with E-state index in [4.69, 9.17) is 0 Å². The second kappa shape index (κ2) is 11.6. The zero-order valence-corrected chi connectivity index (χ0v) is 21.8. The van der Waals surface area contributed by atoms with Gasteiger partial charge in [0.05, 0.1) is 0 Å². The summed E-state index contributed by atoms with van der Waals surface area (Å²) in [5.74, 6) is 0.0447. The third-order valence-electron chi connectivity index (χ3n) is 7.23. The molecule has 1 atom stereocenters. The second-order valence-electron chi connectivity index (χ2n) is 9.67. The minimum atomic E-state index is 0.0447. The summed E-state index contributed by atoms with van der Waals surface area (Å²) in [7, 11) is 0. The number of benzene rings is 5. The fraction of sp³-hybridized carbons (Fsp3) is 0.0256. The molecule has 0 heterocycles. The van der Waals surface area contributed by atoms with Gasteiger partial charge in [0.1, 0.15) is 0 Å². The van der Waals surface area contributed by atoms with Crippen molar-refractivity contribution in [2.24, 2.45) is 5.92 Å². The fourth-order valence-corrected chi connectivity index (χ4v) is 5.53. The Labute approximate surface area is 231 Å². The quantitative estimate of drug-likeness (QED) is 0.204. The molecule has 0 bridgehead atoms. The van der Waals surface area contributed by atoms with Gasteiger partial charge >= 0.3 is 0 Å². The van der Waals surface area contributed by atoms with Crippen molar-refractivity contribution < 1.29 is 0 Å². The molecule has 0 radical (unpaired) electrons. The Hall–Kier alpha value is -4.94. The van der Waals surface area contributed by atoms with Crippen molar-refractivity contribution in [1.29, 1.82) is 0 Å². The van der Waals surface area contributed by atoms with E-state index in [2.05, 4.69) is 176 Å². The maximum atomic E-state index is 2.36. The Morgan fingerprint density at radius 2 is 0.769 bits per heavy atom. The lowest BCUT2D eigenvalue weighted by molar-refractivity contribution is 1.02. The van der Waals surface area contributed by atoms with Crippen LogP contribution in [0.15, 0.2) is 182 Å². The van der Waals surface area contributed by atoms with E-state index in [-0.39, 0.29) is 5.92 Å². The van der Waals surface area contributed by atoms with Crippen LogP contribution in [0, 0.1) is 5.92 Å². The number of hydrogen-bond acceptors (Lipinski definition) is 0. The van der Waals surface area contributed by atoms with Gasteiger partial charge in [0.25, 0.3) is 0 Å². The molecular weight excluding hydrogens is 468 g/mol. The standard InChI is InChI=1S/C39H30/c1-6-18-30(19-7-1)37(31-20-8-2-9-21-31)35-28-16-17-29-36(35)39(34-26-14-5-15-27-34)38(32-22-10-3-11-23-32)33-24-12-4-13-25-33/h1-29,36H. The van der Waals surface area contributed by atoms with Crippen molar-refractivity contribution in [2.45, 2.75) is 0 Å². The predicted octanol–water partition coefficient (Wildman–Crippen LogP) is 9.89. The van der Waals surface area contributed by atoms with Crippen LogP contribution in [0.3, 0.4) is 0 Å². The third kappa shape index (κ3) is 5.23. The average molecular weight is 499 g/mol. The molecule has 5 aromatic rings. The molecule has 5 aromatic carbocycles. The maximum absolute atomic E-state index is 2.36. The maximum Gasteiger partial charge on any atom is 0.0291 e. The minimum absolute atomic E-state index is 0.0447. The van der Waals surface area contributed by atoms with Crippen molar-refractivity contribution >= 4 is 16.7 Å². The molecule has 1 unspecified atom stereocenters.